The summed E-state index contributed by atoms with van der Waals surface area (Å²) in [6.45, 7) is 16.5. The Bertz CT molecular complexity index is 1200. The number of allylic oxidation sites excluding steroid dienone is 2. The summed E-state index contributed by atoms with van der Waals surface area (Å²) < 4.78 is 5.33. The van der Waals surface area contributed by atoms with E-state index >= 15 is 0 Å². The van der Waals surface area contributed by atoms with E-state index in [9.17, 15) is 9.59 Å². The molecule has 3 aromatic heterocycles. The van der Waals surface area contributed by atoms with Crippen molar-refractivity contribution in [1.82, 2.24) is 15.0 Å². The number of thiazole rings is 1. The Morgan fingerprint density at radius 3 is 2.50 bits per heavy atom. The lowest BCUT2D eigenvalue weighted by molar-refractivity contribution is 0.00984. The molecule has 0 aliphatic rings. The van der Waals surface area contributed by atoms with E-state index in [1.54, 1.807) is 12.1 Å². The molecule has 1 unspecified atom stereocenters. The van der Waals surface area contributed by atoms with Gasteiger partial charge in [-0.3, -0.25) is 9.59 Å². The van der Waals surface area contributed by atoms with Crippen LogP contribution in [0.4, 0.5) is 0 Å². The Balaban J connectivity index is 0.000000467. The van der Waals surface area contributed by atoms with Gasteiger partial charge < -0.3 is 19.8 Å². The van der Waals surface area contributed by atoms with Crippen LogP contribution in [-0.2, 0) is 4.74 Å². The quantitative estimate of drug-likeness (QED) is 0.135. The SMILES string of the molecule is C=C/C=C\c1c(-c2csc(-c3cc(C(C)=O)c[nH]c3=O)n2)c[nH]c1C.CCC.CCCCOC(CC)CO. The van der Waals surface area contributed by atoms with E-state index in [-0.39, 0.29) is 24.1 Å². The van der Waals surface area contributed by atoms with Crippen LogP contribution in [0.1, 0.15) is 81.9 Å². The molecule has 0 aromatic carbocycles. The Morgan fingerprint density at radius 2 is 1.92 bits per heavy atom. The van der Waals surface area contributed by atoms with Gasteiger partial charge in [-0.15, -0.1) is 11.3 Å². The Hall–Kier alpha value is -3.07. The van der Waals surface area contributed by atoms with E-state index in [0.717, 1.165) is 48.4 Å². The number of unbranched alkanes of at least 4 members (excludes halogenated alkanes) is 1. The Labute approximate surface area is 230 Å². The van der Waals surface area contributed by atoms with Gasteiger partial charge in [-0.1, -0.05) is 65.3 Å². The number of ether oxygens (including phenoxy) is 1. The molecule has 208 valence electrons. The topological polar surface area (TPSA) is 108 Å². The number of aliphatic hydroxyl groups excluding tert-OH is 1. The van der Waals surface area contributed by atoms with E-state index in [2.05, 4.69) is 42.3 Å². The van der Waals surface area contributed by atoms with Gasteiger partial charge in [0.15, 0.2) is 5.78 Å². The Morgan fingerprint density at radius 1 is 1.21 bits per heavy atom. The third-order valence-electron chi connectivity index (χ3n) is 5.36. The number of aryl methyl sites for hydroxylation is 1. The van der Waals surface area contributed by atoms with Gasteiger partial charge in [-0.25, -0.2) is 4.98 Å². The average Bonchev–Trinajstić information content (AvgIpc) is 3.53. The van der Waals surface area contributed by atoms with Crippen molar-refractivity contribution in [2.45, 2.75) is 73.3 Å². The number of pyridine rings is 1. The highest BCUT2D eigenvalue weighted by Crippen LogP contribution is 2.31. The minimum absolute atomic E-state index is 0.0616. The molecule has 0 bridgehead atoms. The fourth-order valence-corrected chi connectivity index (χ4v) is 4.02. The maximum absolute atomic E-state index is 12.1. The summed E-state index contributed by atoms with van der Waals surface area (Å²) in [5.74, 6) is -0.104. The molecule has 0 radical (unpaired) electrons. The van der Waals surface area contributed by atoms with Crippen molar-refractivity contribution in [3.63, 3.8) is 0 Å². The van der Waals surface area contributed by atoms with Crippen molar-refractivity contribution < 1.29 is 14.6 Å². The molecule has 0 aliphatic heterocycles. The fraction of sp³-hybridized carbons (Fsp3) is 0.433. The Kier molecular flexibility index (Phi) is 15.8. The summed E-state index contributed by atoms with van der Waals surface area (Å²) in [6, 6.07) is 1.59. The number of nitrogens with zero attached hydrogens (tertiary/aromatic N) is 1. The summed E-state index contributed by atoms with van der Waals surface area (Å²) in [4.78, 5) is 34.1. The number of carbonyl (C=O) groups excluding carboxylic acids is 1. The zero-order chi connectivity index (χ0) is 28.5. The summed E-state index contributed by atoms with van der Waals surface area (Å²) in [5.41, 5.74) is 4.39. The van der Waals surface area contributed by atoms with Crippen LogP contribution in [-0.4, -0.2) is 45.2 Å². The monoisotopic (exact) mass is 541 g/mol. The van der Waals surface area contributed by atoms with Crippen molar-refractivity contribution in [3.8, 4) is 21.8 Å². The van der Waals surface area contributed by atoms with Crippen molar-refractivity contribution in [3.05, 3.63) is 69.7 Å². The number of ketones is 1. The predicted molar refractivity (Wildman–Crippen MR) is 160 cm³/mol. The van der Waals surface area contributed by atoms with Gasteiger partial charge >= 0.3 is 0 Å². The summed E-state index contributed by atoms with van der Waals surface area (Å²) in [6.07, 6.45) is 13.3. The van der Waals surface area contributed by atoms with Crippen LogP contribution in [0.25, 0.3) is 27.9 Å². The number of aromatic amines is 2. The third kappa shape index (κ3) is 10.4. The number of Topliss-reactive ketones (excluding diaryl/α,β-unsaturated/α-hetero) is 1. The molecule has 3 aromatic rings. The molecule has 7 nitrogen and oxygen atoms in total. The molecule has 1 atom stereocenters. The zero-order valence-electron chi connectivity index (χ0n) is 23.6. The average molecular weight is 542 g/mol. The maximum atomic E-state index is 12.1. The number of carbonyl (C=O) groups is 1. The molecule has 3 N–H and O–H groups in total. The van der Waals surface area contributed by atoms with Gasteiger partial charge in [-0.05, 0) is 32.8 Å². The van der Waals surface area contributed by atoms with Gasteiger partial charge in [0, 0.05) is 46.8 Å². The highest BCUT2D eigenvalue weighted by molar-refractivity contribution is 7.13. The van der Waals surface area contributed by atoms with Crippen LogP contribution in [0.15, 0.2) is 47.4 Å². The van der Waals surface area contributed by atoms with Gasteiger partial charge in [0.2, 0.25) is 0 Å². The number of nitrogens with one attached hydrogen (secondary N) is 2. The molecule has 0 saturated heterocycles. The number of hydrogen-bond acceptors (Lipinski definition) is 6. The number of hydrogen-bond donors (Lipinski definition) is 3. The summed E-state index contributed by atoms with van der Waals surface area (Å²) >= 11 is 1.37. The first-order valence-electron chi connectivity index (χ1n) is 13.2. The minimum atomic E-state index is -0.261. The molecular formula is C30H43N3O4S. The number of rotatable bonds is 11. The highest BCUT2D eigenvalue weighted by Gasteiger charge is 2.15. The van der Waals surface area contributed by atoms with Crippen molar-refractivity contribution in [2.24, 2.45) is 0 Å². The molecular weight excluding hydrogens is 498 g/mol. The molecule has 0 aliphatic carbocycles. The van der Waals surface area contributed by atoms with E-state index in [0.29, 0.717) is 16.1 Å². The second-order valence-corrected chi connectivity index (χ2v) is 9.56. The van der Waals surface area contributed by atoms with Gasteiger partial charge in [0.05, 0.1) is 24.0 Å². The first kappa shape index (κ1) is 33.0. The van der Waals surface area contributed by atoms with E-state index in [1.165, 1.54) is 30.9 Å². The molecule has 3 heterocycles. The zero-order valence-corrected chi connectivity index (χ0v) is 24.4. The highest BCUT2D eigenvalue weighted by atomic mass is 32.1. The van der Waals surface area contributed by atoms with Crippen molar-refractivity contribution in [2.75, 3.05) is 13.2 Å². The number of aromatic nitrogens is 3. The molecule has 8 heteroatoms. The number of aliphatic hydroxyl groups is 1. The molecule has 0 fully saturated rings. The normalized spacial score (nSPS) is 11.3. The van der Waals surface area contributed by atoms with E-state index in [4.69, 9.17) is 9.84 Å². The molecule has 0 spiro atoms. The predicted octanol–water partition coefficient (Wildman–Crippen LogP) is 7.19. The van der Waals surface area contributed by atoms with Crippen LogP contribution in [0, 0.1) is 6.92 Å². The van der Waals surface area contributed by atoms with Crippen LogP contribution in [0.5, 0.6) is 0 Å². The van der Waals surface area contributed by atoms with E-state index < -0.39 is 0 Å². The third-order valence-corrected chi connectivity index (χ3v) is 6.23. The summed E-state index contributed by atoms with van der Waals surface area (Å²) in [7, 11) is 0. The lowest BCUT2D eigenvalue weighted by atomic mass is 10.1. The standard InChI is InChI=1S/C19H17N3O2S.C8H18O2.C3H8/c1-4-5-6-14-11(2)20-9-16(14)17-10-25-19(22-17)15-7-13(12(3)23)8-21-18(15)24;1-3-5-6-10-8(4-2)7-9;1-3-2/h4-10,20H,1H2,2-3H3,(H,21,24);8-9H,3-7H2,1-2H3;3H2,1-2H3/b6-5-;;. The van der Waals surface area contributed by atoms with Crippen molar-refractivity contribution >= 4 is 23.2 Å². The molecule has 38 heavy (non-hydrogen) atoms. The second-order valence-electron chi connectivity index (χ2n) is 8.71. The van der Waals surface area contributed by atoms with Crippen LogP contribution in [0.2, 0.25) is 0 Å². The molecule has 0 amide bonds. The van der Waals surface area contributed by atoms with E-state index in [1.807, 2.05) is 37.6 Å². The van der Waals surface area contributed by atoms with Crippen LogP contribution < -0.4 is 5.56 Å². The van der Waals surface area contributed by atoms with Gasteiger partial charge in [0.1, 0.15) is 5.01 Å². The van der Waals surface area contributed by atoms with Gasteiger partial charge in [0.25, 0.3) is 5.56 Å². The lowest BCUT2D eigenvalue weighted by Crippen LogP contribution is -2.16. The van der Waals surface area contributed by atoms with Gasteiger partial charge in [-0.2, -0.15) is 0 Å². The summed E-state index contributed by atoms with van der Waals surface area (Å²) in [5, 5.41) is 11.2. The fourth-order valence-electron chi connectivity index (χ4n) is 3.19. The largest absolute Gasteiger partial charge is 0.394 e. The van der Waals surface area contributed by atoms with Crippen LogP contribution >= 0.6 is 11.3 Å². The smallest absolute Gasteiger partial charge is 0.258 e. The van der Waals surface area contributed by atoms with Crippen molar-refractivity contribution in [1.29, 1.82) is 0 Å². The lowest BCUT2D eigenvalue weighted by Gasteiger charge is -2.11. The molecule has 3 rings (SSSR count). The van der Waals surface area contributed by atoms with Crippen LogP contribution in [0.3, 0.4) is 0 Å². The number of H-pyrrole nitrogens is 2. The maximum Gasteiger partial charge on any atom is 0.258 e. The minimum Gasteiger partial charge on any atom is -0.394 e. The first-order valence-corrected chi connectivity index (χ1v) is 14.0. The first-order chi connectivity index (χ1) is 18.3. The molecule has 0 saturated carbocycles. The second kappa shape index (κ2) is 18.2.